The van der Waals surface area contributed by atoms with Crippen molar-refractivity contribution in [1.82, 2.24) is 15.5 Å². The van der Waals surface area contributed by atoms with Gasteiger partial charge in [-0.15, -0.1) is 0 Å². The van der Waals surface area contributed by atoms with Gasteiger partial charge in [-0.1, -0.05) is 13.3 Å². The van der Waals surface area contributed by atoms with Crippen molar-refractivity contribution in [2.75, 3.05) is 0 Å². The molecule has 0 saturated carbocycles. The molecule has 0 atom stereocenters. The van der Waals surface area contributed by atoms with Crippen molar-refractivity contribution in [2.24, 2.45) is 0 Å². The van der Waals surface area contributed by atoms with Crippen LogP contribution in [-0.4, -0.2) is 21.6 Å². The first-order valence-corrected chi connectivity index (χ1v) is 4.86. The van der Waals surface area contributed by atoms with E-state index in [1.807, 2.05) is 13.8 Å². The SMILES string of the molecule is CCCC(C)(C)NC(=O)c1cn[nH]c1. The van der Waals surface area contributed by atoms with Crippen LogP contribution in [0.1, 0.15) is 44.0 Å². The smallest absolute Gasteiger partial charge is 0.254 e. The third kappa shape index (κ3) is 2.87. The van der Waals surface area contributed by atoms with Crippen molar-refractivity contribution in [3.05, 3.63) is 18.0 Å². The van der Waals surface area contributed by atoms with Crippen LogP contribution in [0.2, 0.25) is 0 Å². The summed E-state index contributed by atoms with van der Waals surface area (Å²) in [6.45, 7) is 6.15. The summed E-state index contributed by atoms with van der Waals surface area (Å²) in [6, 6.07) is 0. The number of amides is 1. The third-order valence-corrected chi connectivity index (χ3v) is 2.09. The molecule has 0 saturated heterocycles. The van der Waals surface area contributed by atoms with E-state index >= 15 is 0 Å². The minimum Gasteiger partial charge on any atom is -0.347 e. The van der Waals surface area contributed by atoms with Gasteiger partial charge in [0, 0.05) is 11.7 Å². The van der Waals surface area contributed by atoms with Gasteiger partial charge in [-0.2, -0.15) is 5.10 Å². The number of nitrogens with one attached hydrogen (secondary N) is 2. The summed E-state index contributed by atoms with van der Waals surface area (Å²) in [6.07, 6.45) is 5.14. The molecule has 0 aliphatic heterocycles. The molecule has 78 valence electrons. The molecule has 0 aromatic carbocycles. The van der Waals surface area contributed by atoms with Gasteiger partial charge in [-0.25, -0.2) is 0 Å². The van der Waals surface area contributed by atoms with Crippen molar-refractivity contribution < 1.29 is 4.79 Å². The Morgan fingerprint density at radius 2 is 2.36 bits per heavy atom. The van der Waals surface area contributed by atoms with Gasteiger partial charge in [-0.05, 0) is 20.3 Å². The molecule has 0 radical (unpaired) electrons. The number of hydrogen-bond donors (Lipinski definition) is 2. The molecule has 0 aliphatic rings. The molecule has 1 aromatic rings. The summed E-state index contributed by atoms with van der Waals surface area (Å²) in [5.41, 5.74) is 0.428. The summed E-state index contributed by atoms with van der Waals surface area (Å²) in [7, 11) is 0. The molecule has 1 rings (SSSR count). The molecule has 2 N–H and O–H groups in total. The predicted molar refractivity (Wildman–Crippen MR) is 55.0 cm³/mol. The third-order valence-electron chi connectivity index (χ3n) is 2.09. The zero-order valence-corrected chi connectivity index (χ0v) is 8.92. The van der Waals surface area contributed by atoms with Crippen LogP contribution in [0, 0.1) is 0 Å². The van der Waals surface area contributed by atoms with E-state index < -0.39 is 0 Å². The first kappa shape index (κ1) is 10.8. The molecule has 0 aliphatic carbocycles. The van der Waals surface area contributed by atoms with E-state index in [1.54, 1.807) is 6.20 Å². The first-order valence-electron chi connectivity index (χ1n) is 4.86. The Labute approximate surface area is 84.1 Å². The monoisotopic (exact) mass is 195 g/mol. The number of H-pyrrole nitrogens is 1. The van der Waals surface area contributed by atoms with E-state index in [9.17, 15) is 4.79 Å². The molecule has 0 fully saturated rings. The highest BCUT2D eigenvalue weighted by Crippen LogP contribution is 2.11. The zero-order valence-electron chi connectivity index (χ0n) is 8.92. The Kier molecular flexibility index (Phi) is 3.28. The topological polar surface area (TPSA) is 57.8 Å². The van der Waals surface area contributed by atoms with E-state index in [0.717, 1.165) is 12.8 Å². The normalized spacial score (nSPS) is 11.4. The average Bonchev–Trinajstić information content (AvgIpc) is 2.53. The molecular weight excluding hydrogens is 178 g/mol. The fourth-order valence-corrected chi connectivity index (χ4v) is 1.44. The summed E-state index contributed by atoms with van der Waals surface area (Å²) in [5, 5.41) is 9.31. The van der Waals surface area contributed by atoms with Gasteiger partial charge < -0.3 is 5.32 Å². The highest BCUT2D eigenvalue weighted by atomic mass is 16.1. The van der Waals surface area contributed by atoms with Crippen molar-refractivity contribution in [3.63, 3.8) is 0 Å². The lowest BCUT2D eigenvalue weighted by atomic mass is 9.98. The molecule has 1 aromatic heterocycles. The largest absolute Gasteiger partial charge is 0.347 e. The molecule has 0 spiro atoms. The number of aromatic nitrogens is 2. The highest BCUT2D eigenvalue weighted by molar-refractivity contribution is 5.94. The summed E-state index contributed by atoms with van der Waals surface area (Å²) in [5.74, 6) is -0.0720. The van der Waals surface area contributed by atoms with Crippen LogP contribution in [0.5, 0.6) is 0 Å². The Balaban J connectivity index is 2.57. The van der Waals surface area contributed by atoms with Crippen LogP contribution in [0.4, 0.5) is 0 Å². The number of hydrogen-bond acceptors (Lipinski definition) is 2. The second-order valence-corrected chi connectivity index (χ2v) is 4.07. The average molecular weight is 195 g/mol. The van der Waals surface area contributed by atoms with E-state index in [1.165, 1.54) is 6.20 Å². The standard InChI is InChI=1S/C10H17N3O/c1-4-5-10(2,3)13-9(14)8-6-11-12-7-8/h6-7H,4-5H2,1-3H3,(H,11,12)(H,13,14). The minimum absolute atomic E-state index is 0.0720. The van der Waals surface area contributed by atoms with Gasteiger partial charge in [0.25, 0.3) is 5.91 Å². The van der Waals surface area contributed by atoms with Crippen LogP contribution in [0.3, 0.4) is 0 Å². The summed E-state index contributed by atoms with van der Waals surface area (Å²) in [4.78, 5) is 11.6. The van der Waals surface area contributed by atoms with E-state index in [4.69, 9.17) is 0 Å². The number of rotatable bonds is 4. The Morgan fingerprint density at radius 3 is 2.86 bits per heavy atom. The maximum atomic E-state index is 11.6. The highest BCUT2D eigenvalue weighted by Gasteiger charge is 2.20. The van der Waals surface area contributed by atoms with Crippen LogP contribution in [-0.2, 0) is 0 Å². The van der Waals surface area contributed by atoms with Crippen molar-refractivity contribution >= 4 is 5.91 Å². The molecular formula is C10H17N3O. The second-order valence-electron chi connectivity index (χ2n) is 4.07. The van der Waals surface area contributed by atoms with Gasteiger partial charge in [0.05, 0.1) is 11.8 Å². The predicted octanol–water partition coefficient (Wildman–Crippen LogP) is 1.72. The van der Waals surface area contributed by atoms with Crippen LogP contribution >= 0.6 is 0 Å². The van der Waals surface area contributed by atoms with E-state index in [2.05, 4.69) is 22.4 Å². The summed E-state index contributed by atoms with van der Waals surface area (Å²) >= 11 is 0. The van der Waals surface area contributed by atoms with Gasteiger partial charge in [0.1, 0.15) is 0 Å². The Hall–Kier alpha value is -1.32. The maximum absolute atomic E-state index is 11.6. The lowest BCUT2D eigenvalue weighted by Gasteiger charge is -2.25. The second kappa shape index (κ2) is 4.26. The quantitative estimate of drug-likeness (QED) is 0.768. The number of aromatic amines is 1. The number of nitrogens with zero attached hydrogens (tertiary/aromatic N) is 1. The first-order chi connectivity index (χ1) is 6.55. The molecule has 4 nitrogen and oxygen atoms in total. The molecule has 1 amide bonds. The van der Waals surface area contributed by atoms with Crippen molar-refractivity contribution in [2.45, 2.75) is 39.2 Å². The fourth-order valence-electron chi connectivity index (χ4n) is 1.44. The molecule has 4 heteroatoms. The minimum atomic E-state index is -0.150. The molecule has 1 heterocycles. The molecule has 14 heavy (non-hydrogen) atoms. The number of carbonyl (C=O) groups is 1. The molecule has 0 bridgehead atoms. The number of carbonyl (C=O) groups excluding carboxylic acids is 1. The van der Waals surface area contributed by atoms with Crippen LogP contribution < -0.4 is 5.32 Å². The van der Waals surface area contributed by atoms with E-state index in [-0.39, 0.29) is 11.4 Å². The van der Waals surface area contributed by atoms with Gasteiger partial charge >= 0.3 is 0 Å². The zero-order chi connectivity index (χ0) is 10.6. The van der Waals surface area contributed by atoms with Crippen molar-refractivity contribution in [3.8, 4) is 0 Å². The van der Waals surface area contributed by atoms with Gasteiger partial charge in [0.15, 0.2) is 0 Å². The maximum Gasteiger partial charge on any atom is 0.254 e. The van der Waals surface area contributed by atoms with Crippen LogP contribution in [0.25, 0.3) is 0 Å². The summed E-state index contributed by atoms with van der Waals surface area (Å²) < 4.78 is 0. The lowest BCUT2D eigenvalue weighted by Crippen LogP contribution is -2.43. The van der Waals surface area contributed by atoms with Crippen LogP contribution in [0.15, 0.2) is 12.4 Å². The Bertz CT molecular complexity index is 290. The van der Waals surface area contributed by atoms with Crippen molar-refractivity contribution in [1.29, 1.82) is 0 Å². The lowest BCUT2D eigenvalue weighted by molar-refractivity contribution is 0.0909. The fraction of sp³-hybridized carbons (Fsp3) is 0.600. The van der Waals surface area contributed by atoms with Gasteiger partial charge in [0.2, 0.25) is 0 Å². The Morgan fingerprint density at radius 1 is 1.64 bits per heavy atom. The van der Waals surface area contributed by atoms with E-state index in [0.29, 0.717) is 5.56 Å². The molecule has 0 unspecified atom stereocenters. The van der Waals surface area contributed by atoms with Gasteiger partial charge in [-0.3, -0.25) is 9.89 Å².